The van der Waals surface area contributed by atoms with Crippen molar-refractivity contribution in [2.75, 3.05) is 17.8 Å². The molecule has 4 N–H and O–H groups in total. The van der Waals surface area contributed by atoms with E-state index >= 15 is 0 Å². The monoisotopic (exact) mass is 173 g/mol. The molecule has 0 spiro atoms. The van der Waals surface area contributed by atoms with Gasteiger partial charge in [0.1, 0.15) is 0 Å². The Bertz CT molecular complexity index is 141. The molecule has 9 heavy (non-hydrogen) atoms. The van der Waals surface area contributed by atoms with Crippen molar-refractivity contribution in [2.24, 2.45) is 0 Å². The summed E-state index contributed by atoms with van der Waals surface area (Å²) in [6.07, 6.45) is 1.78. The Morgan fingerprint density at radius 1 is 1.56 bits per heavy atom. The molecule has 0 amide bonds. The third-order valence-corrected chi connectivity index (χ3v) is 2.14. The second kappa shape index (κ2) is 5.04. The highest BCUT2D eigenvalue weighted by atomic mass is 32.2. The highest BCUT2D eigenvalue weighted by molar-refractivity contribution is 7.99. The molecule has 0 aliphatic heterocycles. The highest BCUT2D eigenvalue weighted by Gasteiger charge is 2.00. The van der Waals surface area contributed by atoms with E-state index in [0.29, 0.717) is 5.75 Å². The fraction of sp³-hybridized carbons (Fsp3) is 1.00. The van der Waals surface area contributed by atoms with Crippen molar-refractivity contribution < 1.29 is 13.0 Å². The van der Waals surface area contributed by atoms with Crippen LogP contribution in [0, 0.1) is 0 Å². The summed E-state index contributed by atoms with van der Waals surface area (Å²) in [6, 6.07) is 0. The topological polar surface area (TPSA) is 89.4 Å². The van der Waals surface area contributed by atoms with E-state index in [4.69, 9.17) is 4.55 Å². The standard InChI is InChI=1S/C3H8O3S2.H3N/c1-7-2-3-8(4,5)6;/h2-3H2,1H3,(H,4,5,6);1H3. The number of hydrogen-bond donors (Lipinski definition) is 2. The lowest BCUT2D eigenvalue weighted by Gasteiger charge is -1.90. The minimum absolute atomic E-state index is 0. The molecule has 0 aromatic carbocycles. The van der Waals surface area contributed by atoms with E-state index in [0.717, 1.165) is 0 Å². The first-order chi connectivity index (χ1) is 3.56. The van der Waals surface area contributed by atoms with Crippen LogP contribution in [0.15, 0.2) is 0 Å². The van der Waals surface area contributed by atoms with Crippen LogP contribution in [0.3, 0.4) is 0 Å². The molecule has 0 saturated heterocycles. The van der Waals surface area contributed by atoms with Crippen LogP contribution in [0.2, 0.25) is 0 Å². The summed E-state index contributed by atoms with van der Waals surface area (Å²) in [5.74, 6) is 0.312. The zero-order chi connectivity index (χ0) is 6.62. The van der Waals surface area contributed by atoms with Crippen molar-refractivity contribution >= 4 is 21.9 Å². The molecule has 0 radical (unpaired) electrons. The van der Waals surface area contributed by atoms with Gasteiger partial charge in [-0.05, 0) is 6.26 Å². The third-order valence-electron chi connectivity index (χ3n) is 0.545. The quantitative estimate of drug-likeness (QED) is 0.603. The van der Waals surface area contributed by atoms with Crippen molar-refractivity contribution in [3.8, 4) is 0 Å². The van der Waals surface area contributed by atoms with Gasteiger partial charge in [0.15, 0.2) is 0 Å². The van der Waals surface area contributed by atoms with Crippen LogP contribution in [-0.4, -0.2) is 30.7 Å². The maximum absolute atomic E-state index is 9.93. The van der Waals surface area contributed by atoms with Crippen LogP contribution in [0.1, 0.15) is 0 Å². The first-order valence-electron chi connectivity index (χ1n) is 2.00. The van der Waals surface area contributed by atoms with E-state index in [-0.39, 0.29) is 11.9 Å². The maximum Gasteiger partial charge on any atom is 0.265 e. The zero-order valence-corrected chi connectivity index (χ0v) is 6.83. The van der Waals surface area contributed by atoms with E-state index in [9.17, 15) is 8.42 Å². The lowest BCUT2D eigenvalue weighted by molar-refractivity contribution is 0.485. The largest absolute Gasteiger partial charge is 0.344 e. The van der Waals surface area contributed by atoms with E-state index in [2.05, 4.69) is 0 Å². The molecule has 0 aliphatic rings. The minimum atomic E-state index is -3.71. The Morgan fingerprint density at radius 2 is 2.00 bits per heavy atom. The summed E-state index contributed by atoms with van der Waals surface area (Å²) in [4.78, 5) is 0. The molecular weight excluding hydrogens is 162 g/mol. The van der Waals surface area contributed by atoms with E-state index in [1.165, 1.54) is 11.8 Å². The fourth-order valence-electron chi connectivity index (χ4n) is 0.189. The average Bonchev–Trinajstić information content (AvgIpc) is 1.59. The number of hydrogen-bond acceptors (Lipinski definition) is 4. The molecule has 58 valence electrons. The molecule has 0 heterocycles. The molecule has 0 bridgehead atoms. The highest BCUT2D eigenvalue weighted by Crippen LogP contribution is 1.92. The normalized spacial score (nSPS) is 10.4. The van der Waals surface area contributed by atoms with Gasteiger partial charge in [-0.3, -0.25) is 4.55 Å². The summed E-state index contributed by atoms with van der Waals surface area (Å²) in [5, 5.41) is 0. The van der Waals surface area contributed by atoms with Gasteiger partial charge >= 0.3 is 0 Å². The third kappa shape index (κ3) is 11.7. The summed E-state index contributed by atoms with van der Waals surface area (Å²) < 4.78 is 28.0. The van der Waals surface area contributed by atoms with Gasteiger partial charge in [0.05, 0.1) is 5.75 Å². The van der Waals surface area contributed by atoms with E-state index in [1.54, 1.807) is 6.26 Å². The van der Waals surface area contributed by atoms with Crippen molar-refractivity contribution in [2.45, 2.75) is 0 Å². The van der Waals surface area contributed by atoms with Crippen LogP contribution in [-0.2, 0) is 10.1 Å². The van der Waals surface area contributed by atoms with Crippen LogP contribution in [0.25, 0.3) is 0 Å². The molecule has 0 rings (SSSR count). The van der Waals surface area contributed by atoms with Gasteiger partial charge in [-0.2, -0.15) is 20.2 Å². The molecule has 0 aliphatic carbocycles. The van der Waals surface area contributed by atoms with Crippen LogP contribution in [0.5, 0.6) is 0 Å². The van der Waals surface area contributed by atoms with Gasteiger partial charge in [-0.15, -0.1) is 0 Å². The van der Waals surface area contributed by atoms with Crippen molar-refractivity contribution in [3.05, 3.63) is 0 Å². The zero-order valence-electron chi connectivity index (χ0n) is 5.20. The summed E-state index contributed by atoms with van der Waals surface area (Å²) in [6.45, 7) is 0. The van der Waals surface area contributed by atoms with Crippen molar-refractivity contribution in [1.82, 2.24) is 6.15 Å². The Balaban J connectivity index is 0. The molecule has 0 atom stereocenters. The average molecular weight is 173 g/mol. The lowest BCUT2D eigenvalue weighted by Crippen LogP contribution is -2.05. The Hall–Kier alpha value is 0.220. The maximum atomic E-state index is 9.93. The molecule has 6 heteroatoms. The predicted molar refractivity (Wildman–Crippen MR) is 39.8 cm³/mol. The predicted octanol–water partition coefficient (Wildman–Crippen LogP) is 0.399. The van der Waals surface area contributed by atoms with E-state index < -0.39 is 10.1 Å². The molecule has 0 unspecified atom stereocenters. The smallest absolute Gasteiger partial charge is 0.265 e. The SMILES string of the molecule is CSCCS(=O)(=O)O.N. The Kier molecular flexibility index (Phi) is 6.69. The first kappa shape index (κ1) is 12.0. The second-order valence-corrected chi connectivity index (χ2v) is 3.84. The summed E-state index contributed by atoms with van der Waals surface area (Å²) >= 11 is 1.39. The fourth-order valence-corrected chi connectivity index (χ4v) is 1.70. The van der Waals surface area contributed by atoms with Gasteiger partial charge in [-0.1, -0.05) is 0 Å². The van der Waals surface area contributed by atoms with Crippen LogP contribution in [0.4, 0.5) is 0 Å². The minimum Gasteiger partial charge on any atom is -0.344 e. The second-order valence-electron chi connectivity index (χ2n) is 1.28. The molecule has 4 nitrogen and oxygen atoms in total. The van der Waals surface area contributed by atoms with Gasteiger partial charge in [0, 0.05) is 5.75 Å². The summed E-state index contributed by atoms with van der Waals surface area (Å²) in [5.41, 5.74) is 0. The lowest BCUT2D eigenvalue weighted by atomic mass is 11.0. The molecule has 0 fully saturated rings. The Morgan fingerprint density at radius 3 is 2.11 bits per heavy atom. The summed E-state index contributed by atoms with van der Waals surface area (Å²) in [7, 11) is -3.71. The number of thioether (sulfide) groups is 1. The van der Waals surface area contributed by atoms with E-state index in [1.807, 2.05) is 0 Å². The number of rotatable bonds is 3. The van der Waals surface area contributed by atoms with Gasteiger partial charge in [0.25, 0.3) is 10.1 Å². The van der Waals surface area contributed by atoms with Crippen LogP contribution < -0.4 is 6.15 Å². The molecule has 0 aromatic rings. The first-order valence-corrected chi connectivity index (χ1v) is 5.00. The molecular formula is C3H11NO3S2. The van der Waals surface area contributed by atoms with Crippen molar-refractivity contribution in [3.63, 3.8) is 0 Å². The van der Waals surface area contributed by atoms with Crippen molar-refractivity contribution in [1.29, 1.82) is 0 Å². The molecule has 0 saturated carbocycles. The Labute approximate surface area is 59.4 Å². The van der Waals surface area contributed by atoms with Gasteiger partial charge in [-0.25, -0.2) is 0 Å². The molecule has 0 aromatic heterocycles. The van der Waals surface area contributed by atoms with Crippen LogP contribution >= 0.6 is 11.8 Å². The van der Waals surface area contributed by atoms with Gasteiger partial charge < -0.3 is 6.15 Å². The van der Waals surface area contributed by atoms with Gasteiger partial charge in [0.2, 0.25) is 0 Å².